The molecule has 0 aliphatic carbocycles. The fourth-order valence-electron chi connectivity index (χ4n) is 1.34. The summed E-state index contributed by atoms with van der Waals surface area (Å²) in [7, 11) is 0. The summed E-state index contributed by atoms with van der Waals surface area (Å²) in [4.78, 5) is 5.86. The number of thioether (sulfide) groups is 1. The minimum absolute atomic E-state index is 1.01. The largest absolute Gasteiger partial charge is 0.241 e. The van der Waals surface area contributed by atoms with Gasteiger partial charge in [0.25, 0.3) is 0 Å². The molecule has 0 bridgehead atoms. The third-order valence-corrected chi connectivity index (χ3v) is 3.93. The SMILES string of the molecule is CCc1csc(-c2ccc(SC)cc2)n1. The van der Waals surface area contributed by atoms with Crippen LogP contribution in [0.1, 0.15) is 12.6 Å². The average Bonchev–Trinajstić information content (AvgIpc) is 2.78. The Balaban J connectivity index is 2.28. The van der Waals surface area contributed by atoms with Crippen molar-refractivity contribution in [3.05, 3.63) is 35.3 Å². The van der Waals surface area contributed by atoms with Crippen molar-refractivity contribution in [3.63, 3.8) is 0 Å². The van der Waals surface area contributed by atoms with Crippen molar-refractivity contribution in [2.45, 2.75) is 18.2 Å². The van der Waals surface area contributed by atoms with Crippen LogP contribution in [-0.2, 0) is 6.42 Å². The fourth-order valence-corrected chi connectivity index (χ4v) is 2.65. The van der Waals surface area contributed by atoms with E-state index in [9.17, 15) is 0 Å². The fraction of sp³-hybridized carbons (Fsp3) is 0.250. The van der Waals surface area contributed by atoms with Crippen LogP contribution in [0.2, 0.25) is 0 Å². The minimum atomic E-state index is 1.01. The average molecular weight is 235 g/mol. The first kappa shape index (κ1) is 10.7. The monoisotopic (exact) mass is 235 g/mol. The maximum Gasteiger partial charge on any atom is 0.123 e. The standard InChI is InChI=1S/C12H13NS2/c1-3-10-8-15-12(13-10)9-4-6-11(14-2)7-5-9/h4-8H,3H2,1-2H3. The van der Waals surface area contributed by atoms with E-state index >= 15 is 0 Å². The van der Waals surface area contributed by atoms with E-state index in [0.717, 1.165) is 11.4 Å². The molecular weight excluding hydrogens is 222 g/mol. The molecule has 2 rings (SSSR count). The van der Waals surface area contributed by atoms with Crippen LogP contribution in [-0.4, -0.2) is 11.2 Å². The van der Waals surface area contributed by atoms with Crippen LogP contribution in [0.15, 0.2) is 34.5 Å². The first-order chi connectivity index (χ1) is 7.33. The topological polar surface area (TPSA) is 12.9 Å². The number of aromatic nitrogens is 1. The second-order valence-corrected chi connectivity index (χ2v) is 4.96. The highest BCUT2D eigenvalue weighted by atomic mass is 32.2. The molecule has 0 amide bonds. The number of nitrogens with zero attached hydrogens (tertiary/aromatic N) is 1. The molecule has 0 fully saturated rings. The van der Waals surface area contributed by atoms with Gasteiger partial charge < -0.3 is 0 Å². The summed E-state index contributed by atoms with van der Waals surface area (Å²) in [5, 5.41) is 3.26. The summed E-state index contributed by atoms with van der Waals surface area (Å²) in [6, 6.07) is 8.58. The zero-order valence-electron chi connectivity index (χ0n) is 8.86. The number of rotatable bonds is 3. The van der Waals surface area contributed by atoms with E-state index in [1.807, 2.05) is 0 Å². The van der Waals surface area contributed by atoms with Gasteiger partial charge in [0.1, 0.15) is 5.01 Å². The summed E-state index contributed by atoms with van der Waals surface area (Å²) in [5.74, 6) is 0. The van der Waals surface area contributed by atoms with Crippen molar-refractivity contribution in [2.75, 3.05) is 6.26 Å². The molecule has 0 aliphatic heterocycles. The predicted molar refractivity (Wildman–Crippen MR) is 68.7 cm³/mol. The molecule has 0 radical (unpaired) electrons. The number of benzene rings is 1. The summed E-state index contributed by atoms with van der Waals surface area (Å²) >= 11 is 3.49. The summed E-state index contributed by atoms with van der Waals surface area (Å²) < 4.78 is 0. The van der Waals surface area contributed by atoms with E-state index in [4.69, 9.17) is 0 Å². The van der Waals surface area contributed by atoms with Crippen molar-refractivity contribution in [2.24, 2.45) is 0 Å². The number of aryl methyl sites for hydroxylation is 1. The first-order valence-electron chi connectivity index (χ1n) is 4.92. The Hall–Kier alpha value is -0.800. The second-order valence-electron chi connectivity index (χ2n) is 3.23. The van der Waals surface area contributed by atoms with Gasteiger partial charge in [-0.05, 0) is 24.8 Å². The Labute approximate surface area is 98.6 Å². The van der Waals surface area contributed by atoms with Gasteiger partial charge in [-0.15, -0.1) is 23.1 Å². The van der Waals surface area contributed by atoms with E-state index < -0.39 is 0 Å². The quantitative estimate of drug-likeness (QED) is 0.743. The van der Waals surface area contributed by atoms with Crippen molar-refractivity contribution in [1.82, 2.24) is 4.98 Å². The van der Waals surface area contributed by atoms with E-state index in [1.54, 1.807) is 23.1 Å². The third-order valence-electron chi connectivity index (χ3n) is 2.25. The van der Waals surface area contributed by atoms with Gasteiger partial charge in [0.2, 0.25) is 0 Å². The Morgan fingerprint density at radius 2 is 2.00 bits per heavy atom. The van der Waals surface area contributed by atoms with Crippen molar-refractivity contribution < 1.29 is 0 Å². The molecule has 3 heteroatoms. The van der Waals surface area contributed by atoms with Crippen molar-refractivity contribution in [1.29, 1.82) is 0 Å². The van der Waals surface area contributed by atoms with Gasteiger partial charge in [-0.25, -0.2) is 4.98 Å². The molecule has 1 heterocycles. The Bertz CT molecular complexity index is 431. The smallest absolute Gasteiger partial charge is 0.123 e. The van der Waals surface area contributed by atoms with Crippen LogP contribution in [0, 0.1) is 0 Å². The molecule has 0 saturated carbocycles. The van der Waals surface area contributed by atoms with E-state index in [1.165, 1.54) is 16.2 Å². The van der Waals surface area contributed by atoms with Gasteiger partial charge >= 0.3 is 0 Å². The van der Waals surface area contributed by atoms with Crippen LogP contribution in [0.4, 0.5) is 0 Å². The van der Waals surface area contributed by atoms with Crippen molar-refractivity contribution >= 4 is 23.1 Å². The molecule has 1 aromatic carbocycles. The molecule has 1 nitrogen and oxygen atoms in total. The number of hydrogen-bond donors (Lipinski definition) is 0. The molecule has 0 atom stereocenters. The van der Waals surface area contributed by atoms with Crippen LogP contribution in [0.5, 0.6) is 0 Å². The van der Waals surface area contributed by atoms with Gasteiger partial charge in [0, 0.05) is 15.8 Å². The molecule has 2 aromatic rings. The normalized spacial score (nSPS) is 10.5. The molecule has 15 heavy (non-hydrogen) atoms. The maximum absolute atomic E-state index is 4.57. The Morgan fingerprint density at radius 1 is 1.27 bits per heavy atom. The first-order valence-corrected chi connectivity index (χ1v) is 7.02. The summed E-state index contributed by atoms with van der Waals surface area (Å²) in [6.07, 6.45) is 3.10. The van der Waals surface area contributed by atoms with Gasteiger partial charge in [-0.1, -0.05) is 19.1 Å². The summed E-state index contributed by atoms with van der Waals surface area (Å²) in [5.41, 5.74) is 2.40. The van der Waals surface area contributed by atoms with Crippen LogP contribution in [0.3, 0.4) is 0 Å². The predicted octanol–water partition coefficient (Wildman–Crippen LogP) is 4.09. The van der Waals surface area contributed by atoms with E-state index in [2.05, 4.69) is 47.8 Å². The highest BCUT2D eigenvalue weighted by Crippen LogP contribution is 2.25. The van der Waals surface area contributed by atoms with Gasteiger partial charge in [-0.3, -0.25) is 0 Å². The lowest BCUT2D eigenvalue weighted by atomic mass is 10.2. The Morgan fingerprint density at radius 3 is 2.53 bits per heavy atom. The van der Waals surface area contributed by atoms with Crippen molar-refractivity contribution in [3.8, 4) is 10.6 Å². The highest BCUT2D eigenvalue weighted by molar-refractivity contribution is 7.98. The molecule has 0 N–H and O–H groups in total. The van der Waals surface area contributed by atoms with E-state index in [-0.39, 0.29) is 0 Å². The number of hydrogen-bond acceptors (Lipinski definition) is 3. The lowest BCUT2D eigenvalue weighted by molar-refractivity contribution is 1.07. The zero-order chi connectivity index (χ0) is 10.7. The lowest BCUT2D eigenvalue weighted by Gasteiger charge is -1.98. The highest BCUT2D eigenvalue weighted by Gasteiger charge is 2.03. The zero-order valence-corrected chi connectivity index (χ0v) is 10.5. The van der Waals surface area contributed by atoms with Crippen LogP contribution >= 0.6 is 23.1 Å². The minimum Gasteiger partial charge on any atom is -0.241 e. The van der Waals surface area contributed by atoms with Gasteiger partial charge in [0.05, 0.1) is 5.69 Å². The number of thiazole rings is 1. The molecule has 1 aromatic heterocycles. The van der Waals surface area contributed by atoms with E-state index in [0.29, 0.717) is 0 Å². The molecule has 0 aliphatic rings. The molecule has 78 valence electrons. The second kappa shape index (κ2) is 4.81. The van der Waals surface area contributed by atoms with Crippen LogP contribution < -0.4 is 0 Å². The van der Waals surface area contributed by atoms with Gasteiger partial charge in [-0.2, -0.15) is 0 Å². The molecular formula is C12H13NS2. The maximum atomic E-state index is 4.57. The molecule has 0 unspecified atom stereocenters. The molecule has 0 saturated heterocycles. The molecule has 0 spiro atoms. The summed E-state index contributed by atoms with van der Waals surface area (Å²) in [6.45, 7) is 2.13. The third kappa shape index (κ3) is 2.41. The van der Waals surface area contributed by atoms with Crippen LogP contribution in [0.25, 0.3) is 10.6 Å². The lowest BCUT2D eigenvalue weighted by Crippen LogP contribution is -1.80. The Kier molecular flexibility index (Phi) is 3.44. The van der Waals surface area contributed by atoms with Gasteiger partial charge in [0.15, 0.2) is 0 Å².